The van der Waals surface area contributed by atoms with Gasteiger partial charge >= 0.3 is 6.18 Å². The Balaban J connectivity index is 1.43. The Bertz CT molecular complexity index is 1450. The lowest BCUT2D eigenvalue weighted by atomic mass is 9.92. The van der Waals surface area contributed by atoms with E-state index in [0.717, 1.165) is 23.6 Å². The number of nitrogens with one attached hydrogen (secondary N) is 1. The highest BCUT2D eigenvalue weighted by Gasteiger charge is 2.45. The molecule has 14 heteroatoms. The number of aliphatic hydroxyl groups excluding tert-OH is 1. The predicted octanol–water partition coefficient (Wildman–Crippen LogP) is 2.90. The number of aliphatic hydroxyl groups is 1. The molecule has 0 atom stereocenters. The maximum Gasteiger partial charge on any atom is 0.389 e. The zero-order valence-corrected chi connectivity index (χ0v) is 22.7. The fourth-order valence-electron chi connectivity index (χ4n) is 5.54. The van der Waals surface area contributed by atoms with E-state index in [0.29, 0.717) is 47.4 Å². The fourth-order valence-corrected chi connectivity index (χ4v) is 6.83. The highest BCUT2D eigenvalue weighted by molar-refractivity contribution is 7.92. The van der Waals surface area contributed by atoms with Gasteiger partial charge in [0.15, 0.2) is 5.82 Å². The number of sulfonamides is 1. The van der Waals surface area contributed by atoms with Gasteiger partial charge in [0.25, 0.3) is 11.5 Å². The Kier molecular flexibility index (Phi) is 7.59. The Morgan fingerprint density at radius 1 is 1.07 bits per heavy atom. The number of anilines is 3. The molecule has 40 heavy (non-hydrogen) atoms. The summed E-state index contributed by atoms with van der Waals surface area (Å²) < 4.78 is 65.4. The van der Waals surface area contributed by atoms with Gasteiger partial charge in [0.2, 0.25) is 10.0 Å². The number of amides is 1. The van der Waals surface area contributed by atoms with E-state index in [-0.39, 0.29) is 25.3 Å². The molecule has 10 nitrogen and oxygen atoms in total. The van der Waals surface area contributed by atoms with Gasteiger partial charge in [-0.2, -0.15) is 18.3 Å². The molecule has 1 aromatic heterocycles. The standard InChI is InChI=1S/C26H32F3N5O5S/c27-26(28,29)5-1-10-33-23(36)3-2-22(31-33)30-24(37)19-16-18-4-11-34(40(38,39)15-14-35)20(18)17-21(19)32-12-8-25(6-7-25)9-13-32/h2-3,16-17,35H,1,4-15H2,(H,30,31,37). The van der Waals surface area contributed by atoms with Crippen molar-refractivity contribution in [1.29, 1.82) is 0 Å². The lowest BCUT2D eigenvalue weighted by molar-refractivity contribution is -0.136. The average Bonchev–Trinajstić information content (AvgIpc) is 3.49. The molecule has 3 aliphatic rings. The van der Waals surface area contributed by atoms with E-state index in [1.807, 2.05) is 0 Å². The van der Waals surface area contributed by atoms with E-state index in [2.05, 4.69) is 15.3 Å². The summed E-state index contributed by atoms with van der Waals surface area (Å²) in [5.41, 5.74) is 1.86. The third-order valence-electron chi connectivity index (χ3n) is 8.04. The summed E-state index contributed by atoms with van der Waals surface area (Å²) in [6.45, 7) is 0.881. The molecular formula is C26H32F3N5O5S. The number of hydrogen-bond acceptors (Lipinski definition) is 7. The van der Waals surface area contributed by atoms with Crippen molar-refractivity contribution in [1.82, 2.24) is 9.78 Å². The van der Waals surface area contributed by atoms with Crippen LogP contribution >= 0.6 is 0 Å². The third kappa shape index (κ3) is 6.12. The number of rotatable bonds is 9. The topological polar surface area (TPSA) is 125 Å². The number of piperidine rings is 1. The van der Waals surface area contributed by atoms with Crippen molar-refractivity contribution in [3.8, 4) is 0 Å². The van der Waals surface area contributed by atoms with Crippen LogP contribution in [0.3, 0.4) is 0 Å². The fraction of sp³-hybridized carbons (Fsp3) is 0.577. The molecule has 0 radical (unpaired) electrons. The van der Waals surface area contributed by atoms with Crippen LogP contribution in [0.4, 0.5) is 30.4 Å². The Morgan fingerprint density at radius 2 is 1.80 bits per heavy atom. The van der Waals surface area contributed by atoms with Crippen LogP contribution < -0.4 is 20.1 Å². The van der Waals surface area contributed by atoms with Crippen molar-refractivity contribution in [2.24, 2.45) is 5.41 Å². The summed E-state index contributed by atoms with van der Waals surface area (Å²) in [7, 11) is -3.74. The number of benzene rings is 1. The second kappa shape index (κ2) is 10.7. The highest BCUT2D eigenvalue weighted by atomic mass is 32.2. The summed E-state index contributed by atoms with van der Waals surface area (Å²) >= 11 is 0. The van der Waals surface area contributed by atoms with E-state index in [1.165, 1.54) is 23.2 Å². The molecule has 1 aliphatic carbocycles. The first kappa shape index (κ1) is 28.4. The van der Waals surface area contributed by atoms with Crippen molar-refractivity contribution >= 4 is 33.1 Å². The minimum atomic E-state index is -4.35. The van der Waals surface area contributed by atoms with Crippen LogP contribution in [0.2, 0.25) is 0 Å². The van der Waals surface area contributed by atoms with Crippen LogP contribution in [0.5, 0.6) is 0 Å². The number of carbonyl (C=O) groups excluding carboxylic acids is 1. The van der Waals surface area contributed by atoms with Gasteiger partial charge in [-0.25, -0.2) is 13.1 Å². The number of hydrogen-bond donors (Lipinski definition) is 2. The zero-order valence-electron chi connectivity index (χ0n) is 21.9. The Hall–Kier alpha value is -3.13. The van der Waals surface area contributed by atoms with Gasteiger partial charge in [-0.05, 0) is 67.7 Å². The molecule has 218 valence electrons. The number of alkyl halides is 3. The van der Waals surface area contributed by atoms with Crippen LogP contribution in [-0.2, 0) is 23.0 Å². The minimum Gasteiger partial charge on any atom is -0.395 e. The summed E-state index contributed by atoms with van der Waals surface area (Å²) in [6.07, 6.45) is -1.00. The van der Waals surface area contributed by atoms with Gasteiger partial charge < -0.3 is 15.3 Å². The largest absolute Gasteiger partial charge is 0.395 e. The predicted molar refractivity (Wildman–Crippen MR) is 143 cm³/mol. The molecule has 2 aromatic rings. The van der Waals surface area contributed by atoms with Crippen LogP contribution in [0.15, 0.2) is 29.1 Å². The van der Waals surface area contributed by atoms with Crippen molar-refractivity contribution in [3.63, 3.8) is 0 Å². The van der Waals surface area contributed by atoms with Crippen LogP contribution in [0.25, 0.3) is 0 Å². The number of fused-ring (bicyclic) bond motifs is 1. The van der Waals surface area contributed by atoms with Gasteiger partial charge in [-0.3, -0.25) is 13.9 Å². The molecule has 1 aromatic carbocycles. The molecule has 1 spiro atoms. The van der Waals surface area contributed by atoms with Gasteiger partial charge in [-0.1, -0.05) is 0 Å². The molecule has 5 rings (SSSR count). The van der Waals surface area contributed by atoms with E-state index < -0.39 is 46.4 Å². The Labute approximate surface area is 229 Å². The lowest BCUT2D eigenvalue weighted by Gasteiger charge is -2.35. The third-order valence-corrected chi connectivity index (χ3v) is 9.79. The molecule has 2 fully saturated rings. The summed E-state index contributed by atoms with van der Waals surface area (Å²) in [4.78, 5) is 27.8. The van der Waals surface area contributed by atoms with Crippen molar-refractivity contribution < 1.29 is 31.5 Å². The van der Waals surface area contributed by atoms with E-state index in [4.69, 9.17) is 0 Å². The Morgan fingerprint density at radius 3 is 2.45 bits per heavy atom. The number of halogens is 3. The number of aryl methyl sites for hydroxylation is 1. The van der Waals surface area contributed by atoms with Gasteiger partial charge in [-0.15, -0.1) is 0 Å². The van der Waals surface area contributed by atoms with Gasteiger partial charge in [0.05, 0.1) is 29.3 Å². The molecule has 3 heterocycles. The molecular weight excluding hydrogens is 551 g/mol. The first-order valence-corrected chi connectivity index (χ1v) is 15.0. The highest BCUT2D eigenvalue weighted by Crippen LogP contribution is 2.54. The minimum absolute atomic E-state index is 0.0192. The summed E-state index contributed by atoms with van der Waals surface area (Å²) in [6, 6.07) is 5.84. The van der Waals surface area contributed by atoms with Crippen molar-refractivity contribution in [2.45, 2.75) is 57.7 Å². The summed E-state index contributed by atoms with van der Waals surface area (Å²) in [5.74, 6) is -0.902. The van der Waals surface area contributed by atoms with Crippen molar-refractivity contribution in [3.05, 3.63) is 45.7 Å². The molecule has 0 unspecified atom stereocenters. The van der Waals surface area contributed by atoms with E-state index in [1.54, 1.807) is 12.1 Å². The second-order valence-electron chi connectivity index (χ2n) is 10.8. The maximum absolute atomic E-state index is 13.6. The lowest BCUT2D eigenvalue weighted by Crippen LogP contribution is -2.36. The summed E-state index contributed by atoms with van der Waals surface area (Å²) in [5, 5.41) is 16.0. The number of nitrogens with zero attached hydrogens (tertiary/aromatic N) is 4. The number of aromatic nitrogens is 2. The molecule has 2 aliphatic heterocycles. The van der Waals surface area contributed by atoms with Crippen LogP contribution in [0.1, 0.15) is 54.4 Å². The normalized spacial score (nSPS) is 18.2. The van der Waals surface area contributed by atoms with E-state index in [9.17, 15) is 36.3 Å². The number of carbonyl (C=O) groups is 1. The molecule has 1 saturated heterocycles. The molecule has 1 saturated carbocycles. The first-order chi connectivity index (χ1) is 18.9. The van der Waals surface area contributed by atoms with Crippen LogP contribution in [-0.4, -0.2) is 67.4 Å². The zero-order chi connectivity index (χ0) is 28.7. The van der Waals surface area contributed by atoms with Gasteiger partial charge in [0.1, 0.15) is 0 Å². The maximum atomic E-state index is 13.6. The van der Waals surface area contributed by atoms with E-state index >= 15 is 0 Å². The second-order valence-corrected chi connectivity index (χ2v) is 12.8. The first-order valence-electron chi connectivity index (χ1n) is 13.4. The van der Waals surface area contributed by atoms with Gasteiger partial charge in [0, 0.05) is 38.7 Å². The monoisotopic (exact) mass is 583 g/mol. The van der Waals surface area contributed by atoms with Crippen molar-refractivity contribution in [2.75, 3.05) is 46.5 Å². The SMILES string of the molecule is O=C(Nc1ccc(=O)n(CCCC(F)(F)F)n1)c1cc2c(cc1N1CCC3(CC1)CC3)N(S(=O)(=O)CCO)CC2. The molecule has 2 N–H and O–H groups in total. The molecule has 1 amide bonds. The average molecular weight is 584 g/mol. The molecule has 0 bridgehead atoms. The quantitative estimate of drug-likeness (QED) is 0.465. The van der Waals surface area contributed by atoms with Crippen LogP contribution in [0, 0.1) is 5.41 Å². The smallest absolute Gasteiger partial charge is 0.389 e.